The maximum Gasteiger partial charge on any atom is 0.339 e. The Labute approximate surface area is 118 Å². The largest absolute Gasteiger partial charge is 0.462 e. The van der Waals surface area contributed by atoms with Gasteiger partial charge in [0.2, 0.25) is 0 Å². The molecule has 1 atom stereocenters. The highest BCUT2D eigenvalue weighted by Crippen LogP contribution is 2.15. The number of ether oxygens (including phenoxy) is 1. The van der Waals surface area contributed by atoms with E-state index in [0.29, 0.717) is 18.0 Å². The molecule has 104 valence electrons. The highest BCUT2D eigenvalue weighted by molar-refractivity contribution is 5.89. The summed E-state index contributed by atoms with van der Waals surface area (Å²) < 4.78 is 4.91. The second-order valence-corrected chi connectivity index (χ2v) is 4.27. The Morgan fingerprint density at radius 3 is 2.75 bits per heavy atom. The van der Waals surface area contributed by atoms with Crippen molar-refractivity contribution in [2.24, 2.45) is 0 Å². The normalized spacial score (nSPS) is 11.7. The van der Waals surface area contributed by atoms with Gasteiger partial charge in [0, 0.05) is 12.4 Å². The fourth-order valence-corrected chi connectivity index (χ4v) is 1.74. The van der Waals surface area contributed by atoms with Crippen LogP contribution in [0.15, 0.2) is 42.7 Å². The van der Waals surface area contributed by atoms with E-state index in [0.717, 1.165) is 5.69 Å². The molecule has 0 aliphatic rings. The summed E-state index contributed by atoms with van der Waals surface area (Å²) in [6, 6.07) is 9.26. The predicted molar refractivity (Wildman–Crippen MR) is 76.5 cm³/mol. The Balaban J connectivity index is 2.02. The average Bonchev–Trinajstić information content (AvgIpc) is 2.49. The molecule has 0 aliphatic carbocycles. The van der Waals surface area contributed by atoms with Crippen LogP contribution in [0.4, 0.5) is 5.82 Å². The number of nitrogens with one attached hydrogen (secondary N) is 1. The molecule has 5 nitrogen and oxygen atoms in total. The minimum atomic E-state index is -0.357. The third kappa shape index (κ3) is 3.54. The lowest BCUT2D eigenvalue weighted by molar-refractivity contribution is 0.0526. The molecule has 0 fully saturated rings. The van der Waals surface area contributed by atoms with E-state index in [2.05, 4.69) is 15.3 Å². The van der Waals surface area contributed by atoms with Crippen molar-refractivity contribution in [3.05, 3.63) is 54.0 Å². The van der Waals surface area contributed by atoms with E-state index < -0.39 is 0 Å². The van der Waals surface area contributed by atoms with E-state index >= 15 is 0 Å². The predicted octanol–water partition coefficient (Wildman–Crippen LogP) is 2.83. The molecular formula is C15H17N3O2. The van der Waals surface area contributed by atoms with Crippen molar-refractivity contribution in [2.75, 3.05) is 11.9 Å². The lowest BCUT2D eigenvalue weighted by atomic mass is 10.2. The Morgan fingerprint density at radius 2 is 2.15 bits per heavy atom. The molecule has 5 heteroatoms. The lowest BCUT2D eigenvalue weighted by Gasteiger charge is -2.13. The van der Waals surface area contributed by atoms with Gasteiger partial charge in [-0.2, -0.15) is 0 Å². The summed E-state index contributed by atoms with van der Waals surface area (Å²) in [5, 5.41) is 3.23. The smallest absolute Gasteiger partial charge is 0.339 e. The van der Waals surface area contributed by atoms with Crippen LogP contribution in [0.3, 0.4) is 0 Å². The van der Waals surface area contributed by atoms with Crippen molar-refractivity contribution >= 4 is 11.8 Å². The number of pyridine rings is 2. The van der Waals surface area contributed by atoms with E-state index in [-0.39, 0.29) is 12.0 Å². The summed E-state index contributed by atoms with van der Waals surface area (Å²) in [6.45, 7) is 4.13. The summed E-state index contributed by atoms with van der Waals surface area (Å²) in [4.78, 5) is 20.0. The van der Waals surface area contributed by atoms with Crippen LogP contribution in [-0.4, -0.2) is 22.5 Å². The minimum absolute atomic E-state index is 0.0390. The molecule has 2 rings (SSSR count). The van der Waals surface area contributed by atoms with E-state index in [1.54, 1.807) is 25.3 Å². The van der Waals surface area contributed by atoms with Gasteiger partial charge in [0.25, 0.3) is 0 Å². The number of hydrogen-bond donors (Lipinski definition) is 1. The molecule has 1 unspecified atom stereocenters. The number of carbonyl (C=O) groups is 1. The summed E-state index contributed by atoms with van der Waals surface area (Å²) in [6.07, 6.45) is 3.26. The van der Waals surface area contributed by atoms with Gasteiger partial charge in [0.1, 0.15) is 5.82 Å². The number of carbonyl (C=O) groups excluding carboxylic acids is 1. The van der Waals surface area contributed by atoms with Crippen molar-refractivity contribution in [3.63, 3.8) is 0 Å². The zero-order chi connectivity index (χ0) is 14.4. The number of aromatic nitrogens is 2. The van der Waals surface area contributed by atoms with Crippen LogP contribution in [-0.2, 0) is 4.74 Å². The van der Waals surface area contributed by atoms with E-state index in [1.165, 1.54) is 6.20 Å². The molecule has 0 saturated heterocycles. The molecular weight excluding hydrogens is 254 g/mol. The number of hydrogen-bond acceptors (Lipinski definition) is 5. The first-order valence-corrected chi connectivity index (χ1v) is 6.51. The van der Waals surface area contributed by atoms with E-state index in [9.17, 15) is 4.79 Å². The van der Waals surface area contributed by atoms with Gasteiger partial charge >= 0.3 is 5.97 Å². The van der Waals surface area contributed by atoms with Crippen molar-refractivity contribution in [3.8, 4) is 0 Å². The molecule has 0 aromatic carbocycles. The number of nitrogens with zero attached hydrogens (tertiary/aromatic N) is 2. The molecule has 2 aromatic heterocycles. The van der Waals surface area contributed by atoms with Crippen molar-refractivity contribution in [1.29, 1.82) is 0 Å². The number of anilines is 1. The molecule has 0 amide bonds. The van der Waals surface area contributed by atoms with Crippen LogP contribution in [0.25, 0.3) is 0 Å². The third-order valence-electron chi connectivity index (χ3n) is 2.77. The van der Waals surface area contributed by atoms with Gasteiger partial charge in [-0.25, -0.2) is 9.78 Å². The summed E-state index contributed by atoms with van der Waals surface area (Å²) >= 11 is 0. The topological polar surface area (TPSA) is 64.1 Å². The van der Waals surface area contributed by atoms with Gasteiger partial charge in [-0.3, -0.25) is 4.98 Å². The number of esters is 1. The van der Waals surface area contributed by atoms with Gasteiger partial charge in [-0.15, -0.1) is 0 Å². The molecule has 0 saturated carbocycles. The molecule has 20 heavy (non-hydrogen) atoms. The molecule has 2 heterocycles. The Kier molecular flexibility index (Phi) is 4.65. The highest BCUT2D eigenvalue weighted by atomic mass is 16.5. The second-order valence-electron chi connectivity index (χ2n) is 4.27. The molecule has 0 bridgehead atoms. The van der Waals surface area contributed by atoms with Crippen molar-refractivity contribution < 1.29 is 9.53 Å². The fraction of sp³-hybridized carbons (Fsp3) is 0.267. The van der Waals surface area contributed by atoms with Gasteiger partial charge in [0.15, 0.2) is 0 Å². The van der Waals surface area contributed by atoms with Crippen LogP contribution >= 0.6 is 0 Å². The summed E-state index contributed by atoms with van der Waals surface area (Å²) in [5.74, 6) is 0.334. The van der Waals surface area contributed by atoms with Crippen LogP contribution in [0.2, 0.25) is 0 Å². The van der Waals surface area contributed by atoms with Crippen LogP contribution in [0, 0.1) is 0 Å². The van der Waals surface area contributed by atoms with Gasteiger partial charge in [-0.1, -0.05) is 6.07 Å². The Bertz CT molecular complexity index is 555. The number of rotatable bonds is 5. The van der Waals surface area contributed by atoms with Gasteiger partial charge in [0.05, 0.1) is 23.9 Å². The SMILES string of the molecule is CCOC(=O)c1ccc(NC(C)c2ccccn2)nc1. The Hall–Kier alpha value is -2.43. The van der Waals surface area contributed by atoms with Gasteiger partial charge < -0.3 is 10.1 Å². The molecule has 0 radical (unpaired) electrons. The maximum absolute atomic E-state index is 11.5. The molecule has 2 aromatic rings. The first-order valence-electron chi connectivity index (χ1n) is 6.51. The Morgan fingerprint density at radius 1 is 1.30 bits per heavy atom. The van der Waals surface area contributed by atoms with Crippen LogP contribution < -0.4 is 5.32 Å². The zero-order valence-electron chi connectivity index (χ0n) is 11.5. The molecule has 0 spiro atoms. The van der Waals surface area contributed by atoms with Crippen LogP contribution in [0.1, 0.15) is 35.9 Å². The second kappa shape index (κ2) is 6.65. The van der Waals surface area contributed by atoms with Gasteiger partial charge in [-0.05, 0) is 38.1 Å². The minimum Gasteiger partial charge on any atom is -0.462 e. The maximum atomic E-state index is 11.5. The first kappa shape index (κ1) is 14.0. The first-order chi connectivity index (χ1) is 9.70. The van der Waals surface area contributed by atoms with E-state index in [1.807, 2.05) is 25.1 Å². The van der Waals surface area contributed by atoms with Crippen LogP contribution in [0.5, 0.6) is 0 Å². The average molecular weight is 271 g/mol. The molecule has 0 aliphatic heterocycles. The lowest BCUT2D eigenvalue weighted by Crippen LogP contribution is -2.10. The fourth-order valence-electron chi connectivity index (χ4n) is 1.74. The summed E-state index contributed by atoms with van der Waals surface area (Å²) in [7, 11) is 0. The third-order valence-corrected chi connectivity index (χ3v) is 2.77. The zero-order valence-corrected chi connectivity index (χ0v) is 11.5. The van der Waals surface area contributed by atoms with Crippen molar-refractivity contribution in [2.45, 2.75) is 19.9 Å². The summed E-state index contributed by atoms with van der Waals surface area (Å²) in [5.41, 5.74) is 1.38. The quantitative estimate of drug-likeness (QED) is 0.847. The van der Waals surface area contributed by atoms with E-state index in [4.69, 9.17) is 4.74 Å². The highest BCUT2D eigenvalue weighted by Gasteiger charge is 2.09. The monoisotopic (exact) mass is 271 g/mol. The molecule has 1 N–H and O–H groups in total. The van der Waals surface area contributed by atoms with Crippen molar-refractivity contribution in [1.82, 2.24) is 9.97 Å². The standard InChI is InChI=1S/C15H17N3O2/c1-3-20-15(19)12-7-8-14(17-10-12)18-11(2)13-6-4-5-9-16-13/h4-11H,3H2,1-2H3,(H,17,18).